The molecule has 3 rings (SSSR count). The molecule has 0 N–H and O–H groups in total. The van der Waals surface area contributed by atoms with E-state index >= 15 is 0 Å². The molecule has 21 heavy (non-hydrogen) atoms. The van der Waals surface area contributed by atoms with Crippen LogP contribution in [-0.2, 0) is 9.53 Å². The van der Waals surface area contributed by atoms with Crippen molar-refractivity contribution in [2.45, 2.75) is 38.6 Å². The van der Waals surface area contributed by atoms with Crippen LogP contribution in [0.2, 0.25) is 0 Å². The number of ether oxygens (including phenoxy) is 1. The highest BCUT2D eigenvalue weighted by Gasteiger charge is 2.53. The van der Waals surface area contributed by atoms with Crippen LogP contribution in [0.5, 0.6) is 0 Å². The van der Waals surface area contributed by atoms with E-state index in [0.717, 1.165) is 13.1 Å². The van der Waals surface area contributed by atoms with Crippen LogP contribution in [-0.4, -0.2) is 37.1 Å². The molecule has 0 bridgehead atoms. The lowest BCUT2D eigenvalue weighted by Gasteiger charge is -2.44. The molecule has 0 aromatic heterocycles. The normalized spacial score (nSPS) is 31.7. The summed E-state index contributed by atoms with van der Waals surface area (Å²) in [6.07, 6.45) is 2.40. The third-order valence-electron chi connectivity index (χ3n) is 5.37. The molecule has 0 aliphatic carbocycles. The largest absolute Gasteiger partial charge is 0.469 e. The molecule has 0 unspecified atom stereocenters. The Morgan fingerprint density at radius 2 is 2.00 bits per heavy atom. The smallest absolute Gasteiger partial charge is 0.310 e. The van der Waals surface area contributed by atoms with E-state index in [1.165, 1.54) is 25.5 Å². The fourth-order valence-corrected chi connectivity index (χ4v) is 4.47. The molecule has 1 aromatic carbocycles. The van der Waals surface area contributed by atoms with Crippen LogP contribution < -0.4 is 0 Å². The molecular weight excluding hydrogens is 262 g/mol. The van der Waals surface area contributed by atoms with Crippen molar-refractivity contribution in [1.29, 1.82) is 0 Å². The van der Waals surface area contributed by atoms with Crippen molar-refractivity contribution in [2.24, 2.45) is 11.3 Å². The first-order valence-electron chi connectivity index (χ1n) is 7.91. The van der Waals surface area contributed by atoms with Crippen LogP contribution in [0.3, 0.4) is 0 Å². The summed E-state index contributed by atoms with van der Waals surface area (Å²) in [6, 6.07) is 10.7. The average molecular weight is 287 g/mol. The van der Waals surface area contributed by atoms with Crippen LogP contribution in [0.4, 0.5) is 0 Å². The van der Waals surface area contributed by atoms with Gasteiger partial charge < -0.3 is 4.74 Å². The van der Waals surface area contributed by atoms with Crippen LogP contribution >= 0.6 is 0 Å². The molecule has 2 aliphatic rings. The zero-order chi connectivity index (χ0) is 15.0. The van der Waals surface area contributed by atoms with Gasteiger partial charge in [0.2, 0.25) is 0 Å². The number of nitrogens with zero attached hydrogens (tertiary/aromatic N) is 1. The first-order valence-corrected chi connectivity index (χ1v) is 7.91. The second kappa shape index (κ2) is 5.45. The van der Waals surface area contributed by atoms with E-state index in [4.69, 9.17) is 4.74 Å². The lowest BCUT2D eigenvalue weighted by atomic mass is 9.70. The molecular formula is C18H25NO2. The molecule has 2 fully saturated rings. The third-order valence-corrected chi connectivity index (χ3v) is 5.37. The molecule has 3 nitrogen and oxygen atoms in total. The fourth-order valence-electron chi connectivity index (χ4n) is 4.47. The molecule has 114 valence electrons. The van der Waals surface area contributed by atoms with E-state index in [-0.39, 0.29) is 23.2 Å². The highest BCUT2D eigenvalue weighted by atomic mass is 16.5. The minimum Gasteiger partial charge on any atom is -0.469 e. The summed E-state index contributed by atoms with van der Waals surface area (Å²) in [6.45, 7) is 6.67. The van der Waals surface area contributed by atoms with Crippen LogP contribution in [0.15, 0.2) is 30.3 Å². The number of rotatable bonds is 2. The maximum atomic E-state index is 12.5. The van der Waals surface area contributed by atoms with E-state index in [1.54, 1.807) is 0 Å². The van der Waals surface area contributed by atoms with Gasteiger partial charge in [0, 0.05) is 18.5 Å². The first kappa shape index (κ1) is 14.6. The molecule has 0 spiro atoms. The van der Waals surface area contributed by atoms with Crippen molar-refractivity contribution in [3.63, 3.8) is 0 Å². The van der Waals surface area contributed by atoms with Gasteiger partial charge in [-0.1, -0.05) is 44.2 Å². The quantitative estimate of drug-likeness (QED) is 0.783. The zero-order valence-electron chi connectivity index (χ0n) is 13.2. The Balaban J connectivity index is 1.99. The lowest BCUT2D eigenvalue weighted by Crippen LogP contribution is -2.50. The van der Waals surface area contributed by atoms with Gasteiger partial charge in [-0.2, -0.15) is 0 Å². The SMILES string of the molecule is COC(=O)[C@H]1[C@H](c2ccccc2)CN2CCCC(C)(C)[C@@H]12. The van der Waals surface area contributed by atoms with Crippen LogP contribution in [0.1, 0.15) is 38.2 Å². The first-order chi connectivity index (χ1) is 10.0. The van der Waals surface area contributed by atoms with Gasteiger partial charge in [-0.15, -0.1) is 0 Å². The number of carbonyl (C=O) groups is 1. The summed E-state index contributed by atoms with van der Waals surface area (Å²) in [5, 5.41) is 0. The maximum Gasteiger partial charge on any atom is 0.310 e. The van der Waals surface area contributed by atoms with Gasteiger partial charge in [0.1, 0.15) is 0 Å². The summed E-state index contributed by atoms with van der Waals surface area (Å²) in [5.41, 5.74) is 1.43. The van der Waals surface area contributed by atoms with Crippen molar-refractivity contribution in [3.8, 4) is 0 Å². The van der Waals surface area contributed by atoms with Gasteiger partial charge in [-0.05, 0) is 30.4 Å². The molecule has 2 saturated heterocycles. The number of methoxy groups -OCH3 is 1. The fraction of sp³-hybridized carbons (Fsp3) is 0.611. The number of benzene rings is 1. The molecule has 2 heterocycles. The second-order valence-electron chi connectivity index (χ2n) is 7.10. The van der Waals surface area contributed by atoms with E-state index in [0.29, 0.717) is 6.04 Å². The van der Waals surface area contributed by atoms with E-state index in [1.807, 2.05) is 6.07 Å². The number of hydrogen-bond donors (Lipinski definition) is 0. The molecule has 0 saturated carbocycles. The van der Waals surface area contributed by atoms with Crippen molar-refractivity contribution in [1.82, 2.24) is 4.90 Å². The summed E-state index contributed by atoms with van der Waals surface area (Å²) < 4.78 is 5.16. The lowest BCUT2D eigenvalue weighted by molar-refractivity contribution is -0.149. The maximum absolute atomic E-state index is 12.5. The Hall–Kier alpha value is -1.35. The van der Waals surface area contributed by atoms with Gasteiger partial charge in [0.05, 0.1) is 13.0 Å². The van der Waals surface area contributed by atoms with Gasteiger partial charge in [0.25, 0.3) is 0 Å². The predicted octanol–water partition coefficient (Wildman–Crippen LogP) is 3.06. The summed E-state index contributed by atoms with van der Waals surface area (Å²) in [5.74, 6) is 0.153. The molecule has 3 heteroatoms. The summed E-state index contributed by atoms with van der Waals surface area (Å²) >= 11 is 0. The number of hydrogen-bond acceptors (Lipinski definition) is 3. The van der Waals surface area contributed by atoms with Crippen LogP contribution in [0.25, 0.3) is 0 Å². The number of fused-ring (bicyclic) bond motifs is 1. The Morgan fingerprint density at radius 1 is 1.29 bits per heavy atom. The molecule has 2 aliphatic heterocycles. The van der Waals surface area contributed by atoms with E-state index in [2.05, 4.69) is 43.0 Å². The summed E-state index contributed by atoms with van der Waals surface area (Å²) in [7, 11) is 1.52. The molecule has 1 aromatic rings. The predicted molar refractivity (Wildman–Crippen MR) is 83.1 cm³/mol. The molecule has 0 amide bonds. The Bertz CT molecular complexity index is 511. The van der Waals surface area contributed by atoms with Crippen LogP contribution in [0, 0.1) is 11.3 Å². The Labute approximate surface area is 127 Å². The van der Waals surface area contributed by atoms with Crippen molar-refractivity contribution >= 4 is 5.97 Å². The Kier molecular flexibility index (Phi) is 3.78. The number of esters is 1. The topological polar surface area (TPSA) is 29.5 Å². The number of piperidine rings is 1. The zero-order valence-corrected chi connectivity index (χ0v) is 13.2. The molecule has 0 radical (unpaired) electrons. The Morgan fingerprint density at radius 3 is 2.67 bits per heavy atom. The third kappa shape index (κ3) is 2.48. The van der Waals surface area contributed by atoms with Crippen molar-refractivity contribution in [3.05, 3.63) is 35.9 Å². The second-order valence-corrected chi connectivity index (χ2v) is 7.10. The minimum absolute atomic E-state index is 0.0484. The highest BCUT2D eigenvalue weighted by molar-refractivity contribution is 5.75. The van der Waals surface area contributed by atoms with Gasteiger partial charge in [0.15, 0.2) is 0 Å². The standard InChI is InChI=1S/C18H25NO2/c1-18(2)10-7-11-19-12-14(13-8-5-4-6-9-13)15(16(18)19)17(20)21-3/h4-6,8-9,14-16H,7,10-12H2,1-3H3/t14-,15-,16+/m0/s1. The van der Waals surface area contributed by atoms with Gasteiger partial charge >= 0.3 is 5.97 Å². The van der Waals surface area contributed by atoms with Crippen molar-refractivity contribution < 1.29 is 9.53 Å². The average Bonchev–Trinajstić information content (AvgIpc) is 2.88. The van der Waals surface area contributed by atoms with Gasteiger partial charge in [-0.3, -0.25) is 9.69 Å². The highest BCUT2D eigenvalue weighted by Crippen LogP contribution is 2.49. The van der Waals surface area contributed by atoms with E-state index < -0.39 is 0 Å². The summed E-state index contributed by atoms with van der Waals surface area (Å²) in [4.78, 5) is 15.0. The molecule has 3 atom stereocenters. The monoisotopic (exact) mass is 287 g/mol. The van der Waals surface area contributed by atoms with Crippen molar-refractivity contribution in [2.75, 3.05) is 20.2 Å². The minimum atomic E-state index is -0.0497. The van der Waals surface area contributed by atoms with Gasteiger partial charge in [-0.25, -0.2) is 0 Å². The number of carbonyl (C=O) groups excluding carboxylic acids is 1. The van der Waals surface area contributed by atoms with E-state index in [9.17, 15) is 4.79 Å².